The maximum absolute atomic E-state index is 10.9. The highest BCUT2D eigenvalue weighted by Gasteiger charge is 2.32. The van der Waals surface area contributed by atoms with E-state index in [1.165, 1.54) is 26.3 Å². The first kappa shape index (κ1) is 18.0. The lowest BCUT2D eigenvalue weighted by Crippen LogP contribution is -3.08. The fourth-order valence-corrected chi connectivity index (χ4v) is 4.85. The summed E-state index contributed by atoms with van der Waals surface area (Å²) in [6, 6.07) is 18.0. The zero-order valence-corrected chi connectivity index (χ0v) is 16.6. The Morgan fingerprint density at radius 3 is 2.56 bits per heavy atom. The Balaban J connectivity index is 1.81. The van der Waals surface area contributed by atoms with Crippen molar-refractivity contribution in [1.29, 1.82) is 0 Å². The van der Waals surface area contributed by atoms with E-state index < -0.39 is 0 Å². The lowest BCUT2D eigenvalue weighted by atomic mass is 10.0. The topological polar surface area (TPSA) is 54.9 Å². The van der Waals surface area contributed by atoms with E-state index in [0.717, 1.165) is 17.0 Å². The predicted molar refractivity (Wildman–Crippen MR) is 108 cm³/mol. The third-order valence-electron chi connectivity index (χ3n) is 4.60. The molecule has 7 heteroatoms. The van der Waals surface area contributed by atoms with Crippen LogP contribution < -0.4 is 4.90 Å². The first-order chi connectivity index (χ1) is 13.0. The number of aromatic hydroxyl groups is 1. The van der Waals surface area contributed by atoms with Gasteiger partial charge in [-0.1, -0.05) is 71.5 Å². The molecule has 1 unspecified atom stereocenters. The number of thiazole rings is 1. The Labute approximate surface area is 166 Å². The average molecular weight is 400 g/mol. The molecule has 2 aromatic heterocycles. The summed E-state index contributed by atoms with van der Waals surface area (Å²) in [6.45, 7) is 2.61. The summed E-state index contributed by atoms with van der Waals surface area (Å²) < 4.78 is 1.51. The third-order valence-corrected chi connectivity index (χ3v) is 6.03. The fraction of sp³-hybridized carbons (Fsp3) is 0.200. The van der Waals surface area contributed by atoms with Crippen molar-refractivity contribution in [2.45, 2.75) is 19.5 Å². The summed E-state index contributed by atoms with van der Waals surface area (Å²) in [5.74, 6) is 0.773. The van der Waals surface area contributed by atoms with E-state index >= 15 is 0 Å². The number of fused-ring (bicyclic) bond motifs is 1. The highest BCUT2D eigenvalue weighted by atomic mass is 35.5. The van der Waals surface area contributed by atoms with Crippen molar-refractivity contribution in [1.82, 2.24) is 14.6 Å². The van der Waals surface area contributed by atoms with Gasteiger partial charge in [0.15, 0.2) is 6.04 Å². The minimum atomic E-state index is -0.132. The van der Waals surface area contributed by atoms with Gasteiger partial charge in [-0.3, -0.25) is 0 Å². The highest BCUT2D eigenvalue weighted by molar-refractivity contribution is 7.17. The molecule has 4 aromatic rings. The normalized spacial score (nSPS) is 13.7. The first-order valence-corrected chi connectivity index (χ1v) is 9.89. The van der Waals surface area contributed by atoms with Crippen molar-refractivity contribution in [3.8, 4) is 5.88 Å². The van der Waals surface area contributed by atoms with Crippen LogP contribution in [0.5, 0.6) is 5.88 Å². The van der Waals surface area contributed by atoms with Gasteiger partial charge in [0.25, 0.3) is 0 Å². The Hall–Kier alpha value is -2.41. The molecule has 0 amide bonds. The fourth-order valence-electron chi connectivity index (χ4n) is 3.40. The van der Waals surface area contributed by atoms with Crippen molar-refractivity contribution in [2.24, 2.45) is 0 Å². The lowest BCUT2D eigenvalue weighted by Gasteiger charge is -2.25. The summed E-state index contributed by atoms with van der Waals surface area (Å²) in [6.07, 6.45) is 0. The van der Waals surface area contributed by atoms with Crippen molar-refractivity contribution in [2.75, 3.05) is 7.05 Å². The van der Waals surface area contributed by atoms with Crippen LogP contribution in [-0.4, -0.2) is 26.8 Å². The van der Waals surface area contributed by atoms with Crippen molar-refractivity contribution in [3.63, 3.8) is 0 Å². The van der Waals surface area contributed by atoms with Gasteiger partial charge in [0.2, 0.25) is 10.8 Å². The molecule has 5 nitrogen and oxygen atoms in total. The van der Waals surface area contributed by atoms with Crippen LogP contribution in [0.15, 0.2) is 54.6 Å². The van der Waals surface area contributed by atoms with Gasteiger partial charge >= 0.3 is 0 Å². The zero-order valence-electron chi connectivity index (χ0n) is 15.1. The van der Waals surface area contributed by atoms with Gasteiger partial charge in [0.1, 0.15) is 17.2 Å². The van der Waals surface area contributed by atoms with E-state index in [1.807, 2.05) is 49.4 Å². The van der Waals surface area contributed by atoms with Crippen LogP contribution in [0.2, 0.25) is 5.02 Å². The summed E-state index contributed by atoms with van der Waals surface area (Å²) in [7, 11) is 2.11. The molecule has 4 rings (SSSR count). The van der Waals surface area contributed by atoms with Crippen molar-refractivity contribution in [3.05, 3.63) is 81.4 Å². The molecule has 0 spiro atoms. The molecule has 0 saturated heterocycles. The molecule has 2 N–H and O–H groups in total. The van der Waals surface area contributed by atoms with Gasteiger partial charge in [-0.15, -0.1) is 5.10 Å². The van der Waals surface area contributed by atoms with Crippen LogP contribution in [0.25, 0.3) is 4.96 Å². The Morgan fingerprint density at radius 2 is 1.85 bits per heavy atom. The van der Waals surface area contributed by atoms with Gasteiger partial charge in [-0.2, -0.15) is 4.52 Å². The van der Waals surface area contributed by atoms with E-state index in [0.29, 0.717) is 15.8 Å². The molecule has 0 aliphatic heterocycles. The number of hydrogen-bond donors (Lipinski definition) is 2. The lowest BCUT2D eigenvalue weighted by molar-refractivity contribution is -0.919. The third kappa shape index (κ3) is 3.43. The molecule has 0 saturated carbocycles. The number of benzene rings is 2. The van der Waals surface area contributed by atoms with Crippen LogP contribution >= 0.6 is 22.9 Å². The molecule has 2 aromatic carbocycles. The second kappa shape index (κ2) is 7.31. The summed E-state index contributed by atoms with van der Waals surface area (Å²) in [5.41, 5.74) is 2.20. The van der Waals surface area contributed by atoms with Crippen LogP contribution in [0.3, 0.4) is 0 Å². The SMILES string of the molecule is Cc1nc2sc([C@H](c3ccccc3Cl)[NH+](C)Cc3ccccc3)c(O)n2n1. The molecule has 0 fully saturated rings. The van der Waals surface area contributed by atoms with Crippen LogP contribution in [-0.2, 0) is 6.54 Å². The standard InChI is InChI=1S/C20H19ClN4OS/c1-13-22-20-25(23-13)19(26)18(27-20)17(15-10-6-7-11-16(15)21)24(2)12-14-8-4-3-5-9-14/h3-11,17,26H,12H2,1-2H3/p+1/t17-/m0/s1. The molecule has 0 bridgehead atoms. The van der Waals surface area contributed by atoms with Gasteiger partial charge in [-0.25, -0.2) is 4.98 Å². The Morgan fingerprint density at radius 1 is 1.15 bits per heavy atom. The second-order valence-corrected chi connectivity index (χ2v) is 8.02. The zero-order chi connectivity index (χ0) is 19.0. The van der Waals surface area contributed by atoms with Gasteiger partial charge < -0.3 is 10.0 Å². The molecule has 0 aliphatic rings. The molecular formula is C20H20ClN4OS+. The Kier molecular flexibility index (Phi) is 4.86. The van der Waals surface area contributed by atoms with Gasteiger partial charge in [0.05, 0.1) is 12.1 Å². The maximum atomic E-state index is 10.9. The molecule has 0 aliphatic carbocycles. The highest BCUT2D eigenvalue weighted by Crippen LogP contribution is 2.37. The van der Waals surface area contributed by atoms with E-state index in [1.54, 1.807) is 0 Å². The molecule has 2 atom stereocenters. The summed E-state index contributed by atoms with van der Waals surface area (Å²) in [4.78, 5) is 7.10. The summed E-state index contributed by atoms with van der Waals surface area (Å²) in [5, 5.41) is 15.8. The van der Waals surface area contributed by atoms with Crippen molar-refractivity contribution >= 4 is 27.9 Å². The number of aryl methyl sites for hydroxylation is 1. The summed E-state index contributed by atoms with van der Waals surface area (Å²) >= 11 is 7.99. The predicted octanol–water partition coefficient (Wildman–Crippen LogP) is 3.26. The Bertz CT molecular complexity index is 1080. The number of quaternary nitrogens is 1. The van der Waals surface area contributed by atoms with Crippen LogP contribution in [0.1, 0.15) is 27.9 Å². The minimum Gasteiger partial charge on any atom is -0.492 e. The number of rotatable bonds is 5. The number of nitrogens with zero attached hydrogens (tertiary/aromatic N) is 3. The van der Waals surface area contributed by atoms with Crippen LogP contribution in [0.4, 0.5) is 0 Å². The quantitative estimate of drug-likeness (QED) is 0.541. The first-order valence-electron chi connectivity index (χ1n) is 8.70. The molecular weight excluding hydrogens is 380 g/mol. The number of halogens is 1. The smallest absolute Gasteiger partial charge is 0.235 e. The molecule has 0 radical (unpaired) electrons. The van der Waals surface area contributed by atoms with E-state index in [2.05, 4.69) is 29.3 Å². The minimum absolute atomic E-state index is 0.132. The number of nitrogens with one attached hydrogen (secondary N) is 1. The van der Waals surface area contributed by atoms with Crippen molar-refractivity contribution < 1.29 is 10.0 Å². The van der Waals surface area contributed by atoms with Crippen LogP contribution in [0, 0.1) is 6.92 Å². The second-order valence-electron chi connectivity index (χ2n) is 6.61. The molecule has 138 valence electrons. The van der Waals surface area contributed by atoms with Gasteiger partial charge in [0, 0.05) is 11.1 Å². The largest absolute Gasteiger partial charge is 0.492 e. The van der Waals surface area contributed by atoms with E-state index in [9.17, 15) is 5.11 Å². The average Bonchev–Trinajstić information content (AvgIpc) is 3.15. The maximum Gasteiger partial charge on any atom is 0.235 e. The molecule has 2 heterocycles. The monoisotopic (exact) mass is 399 g/mol. The number of aromatic nitrogens is 3. The van der Waals surface area contributed by atoms with E-state index in [-0.39, 0.29) is 11.9 Å². The molecule has 27 heavy (non-hydrogen) atoms. The van der Waals surface area contributed by atoms with E-state index in [4.69, 9.17) is 11.6 Å². The number of hydrogen-bond acceptors (Lipinski definition) is 4. The van der Waals surface area contributed by atoms with Gasteiger partial charge in [-0.05, 0) is 13.0 Å².